The molecule has 0 saturated carbocycles. The minimum absolute atomic E-state index is 0.00515. The van der Waals surface area contributed by atoms with E-state index < -0.39 is 29.7 Å². The molecule has 1 aliphatic rings. The number of benzene rings is 1. The molecule has 1 unspecified atom stereocenters. The Bertz CT molecular complexity index is 1270. The molecule has 2 aromatic heterocycles. The topological polar surface area (TPSA) is 110 Å². The minimum atomic E-state index is -4.71. The van der Waals surface area contributed by atoms with Crippen LogP contribution in [0.15, 0.2) is 36.7 Å². The summed E-state index contributed by atoms with van der Waals surface area (Å²) < 4.78 is 40.1. The number of rotatable bonds is 5. The van der Waals surface area contributed by atoms with Crippen LogP contribution in [0.1, 0.15) is 36.5 Å². The van der Waals surface area contributed by atoms with E-state index in [-0.39, 0.29) is 29.8 Å². The molecule has 178 valence electrons. The molecule has 1 aromatic carbocycles. The van der Waals surface area contributed by atoms with E-state index in [9.17, 15) is 27.6 Å². The molecule has 0 aliphatic carbocycles. The third-order valence-corrected chi connectivity index (χ3v) is 5.59. The number of nitrogens with zero attached hydrogens (tertiary/aromatic N) is 5. The Hall–Kier alpha value is -3.83. The quantitative estimate of drug-likeness (QED) is 0.570. The summed E-state index contributed by atoms with van der Waals surface area (Å²) in [5, 5.41) is 7.24. The van der Waals surface area contributed by atoms with Gasteiger partial charge in [0.15, 0.2) is 17.3 Å². The second-order valence-corrected chi connectivity index (χ2v) is 8.26. The second-order valence-electron chi connectivity index (χ2n) is 8.26. The highest BCUT2D eigenvalue weighted by molar-refractivity contribution is 6.05. The van der Waals surface area contributed by atoms with E-state index in [4.69, 9.17) is 0 Å². The van der Waals surface area contributed by atoms with Crippen molar-refractivity contribution in [1.82, 2.24) is 24.6 Å². The van der Waals surface area contributed by atoms with Crippen LogP contribution in [-0.4, -0.2) is 54.8 Å². The van der Waals surface area contributed by atoms with Crippen LogP contribution in [0.25, 0.3) is 10.9 Å². The van der Waals surface area contributed by atoms with Gasteiger partial charge in [0.25, 0.3) is 0 Å². The predicted octanol–water partition coefficient (Wildman–Crippen LogP) is 2.92. The number of alkyl halides is 3. The first kappa shape index (κ1) is 23.3. The molecule has 3 aromatic rings. The Kier molecular flexibility index (Phi) is 6.07. The first-order valence-corrected chi connectivity index (χ1v) is 10.5. The summed E-state index contributed by atoms with van der Waals surface area (Å²) in [7, 11) is 0. The van der Waals surface area contributed by atoms with E-state index in [0.717, 1.165) is 6.20 Å². The van der Waals surface area contributed by atoms with Crippen LogP contribution in [0.5, 0.6) is 0 Å². The van der Waals surface area contributed by atoms with Crippen molar-refractivity contribution in [2.24, 2.45) is 5.92 Å². The fraction of sp³-hybridized carbons (Fsp3) is 0.364. The maximum Gasteiger partial charge on any atom is 0.434 e. The zero-order valence-corrected chi connectivity index (χ0v) is 18.3. The molecule has 1 fully saturated rings. The number of hydrogen-bond donors (Lipinski definition) is 1. The van der Waals surface area contributed by atoms with Crippen LogP contribution in [0.4, 0.5) is 19.0 Å². The van der Waals surface area contributed by atoms with Crippen LogP contribution in [0, 0.1) is 5.92 Å². The van der Waals surface area contributed by atoms with Crippen LogP contribution >= 0.6 is 0 Å². The lowest BCUT2D eigenvalue weighted by atomic mass is 10.1. The molecular weight excluding hydrogens is 453 g/mol. The number of carbonyl (C=O) groups excluding carboxylic acids is 3. The molecule has 12 heteroatoms. The Balaban J connectivity index is 1.54. The van der Waals surface area contributed by atoms with Gasteiger partial charge in [0.1, 0.15) is 18.3 Å². The number of likely N-dealkylation sites (tertiary alicyclic amines) is 1. The van der Waals surface area contributed by atoms with Gasteiger partial charge in [0.2, 0.25) is 11.8 Å². The summed E-state index contributed by atoms with van der Waals surface area (Å²) in [6.45, 7) is 3.35. The number of fused-ring (bicyclic) bond motifs is 1. The molecular formula is C22H21F3N6O3. The minimum Gasteiger partial charge on any atom is -0.329 e. The van der Waals surface area contributed by atoms with Crippen molar-refractivity contribution in [3.05, 3.63) is 48.0 Å². The van der Waals surface area contributed by atoms with Crippen LogP contribution in [-0.2, 0) is 22.3 Å². The molecule has 0 bridgehead atoms. The predicted molar refractivity (Wildman–Crippen MR) is 115 cm³/mol. The third-order valence-electron chi connectivity index (χ3n) is 5.59. The van der Waals surface area contributed by atoms with Gasteiger partial charge in [-0.1, -0.05) is 25.1 Å². The SMILES string of the molecule is CC(=O)c1nn(CC(=O)N2CC(C)C[C@H]2C(=O)Nc2cncc(C(F)(F)F)n2)c2ccccc12. The molecule has 34 heavy (non-hydrogen) atoms. The van der Waals surface area contributed by atoms with E-state index in [1.54, 1.807) is 24.3 Å². The zero-order valence-electron chi connectivity index (χ0n) is 18.3. The first-order valence-electron chi connectivity index (χ1n) is 10.5. The van der Waals surface area contributed by atoms with Gasteiger partial charge < -0.3 is 10.2 Å². The van der Waals surface area contributed by atoms with Gasteiger partial charge in [-0.15, -0.1) is 0 Å². The number of halogens is 3. The lowest BCUT2D eigenvalue weighted by molar-refractivity contribution is -0.141. The van der Waals surface area contributed by atoms with Crippen molar-refractivity contribution in [2.75, 3.05) is 11.9 Å². The Morgan fingerprint density at radius 2 is 1.91 bits per heavy atom. The molecule has 1 saturated heterocycles. The highest BCUT2D eigenvalue weighted by Crippen LogP contribution is 2.28. The van der Waals surface area contributed by atoms with Crippen LogP contribution in [0.2, 0.25) is 0 Å². The molecule has 2 amide bonds. The summed E-state index contributed by atoms with van der Waals surface area (Å²) in [4.78, 5) is 46.2. The lowest BCUT2D eigenvalue weighted by Gasteiger charge is -2.24. The van der Waals surface area contributed by atoms with Crippen molar-refractivity contribution in [3.8, 4) is 0 Å². The highest BCUT2D eigenvalue weighted by atomic mass is 19.4. The number of anilines is 1. The van der Waals surface area contributed by atoms with Gasteiger partial charge in [-0.3, -0.25) is 24.0 Å². The smallest absolute Gasteiger partial charge is 0.329 e. The number of hydrogen-bond acceptors (Lipinski definition) is 6. The summed E-state index contributed by atoms with van der Waals surface area (Å²) in [6, 6.07) is 6.11. The normalized spacial score (nSPS) is 18.3. The standard InChI is InChI=1S/C22H21F3N6O3/c1-12-7-16(21(34)28-18-9-26-8-17(27-18)22(23,24)25)30(10-12)19(33)11-31-15-6-4-3-5-14(15)20(29-31)13(2)32/h3-6,8-9,12,16H,7,10-11H2,1-2H3,(H,27,28,34)/t12?,16-/m0/s1. The van der Waals surface area contributed by atoms with E-state index in [1.807, 2.05) is 6.92 Å². The monoisotopic (exact) mass is 474 g/mol. The van der Waals surface area contributed by atoms with Gasteiger partial charge in [-0.2, -0.15) is 18.3 Å². The van der Waals surface area contributed by atoms with E-state index in [1.165, 1.54) is 16.5 Å². The number of nitrogens with one attached hydrogen (secondary N) is 1. The fourth-order valence-corrected chi connectivity index (χ4v) is 4.07. The fourth-order valence-electron chi connectivity index (χ4n) is 4.07. The number of ketones is 1. The third kappa shape index (κ3) is 4.61. The van der Waals surface area contributed by atoms with Crippen molar-refractivity contribution in [1.29, 1.82) is 0 Å². The second kappa shape index (κ2) is 8.84. The maximum atomic E-state index is 13.2. The molecule has 1 N–H and O–H groups in total. The molecule has 0 radical (unpaired) electrons. The van der Waals surface area contributed by atoms with Gasteiger partial charge in [-0.25, -0.2) is 4.98 Å². The van der Waals surface area contributed by atoms with E-state index in [0.29, 0.717) is 30.1 Å². The summed E-state index contributed by atoms with van der Waals surface area (Å²) in [5.41, 5.74) is -0.381. The summed E-state index contributed by atoms with van der Waals surface area (Å²) >= 11 is 0. The van der Waals surface area contributed by atoms with E-state index >= 15 is 0 Å². The Labute approximate surface area is 192 Å². The Morgan fingerprint density at radius 1 is 1.18 bits per heavy atom. The largest absolute Gasteiger partial charge is 0.434 e. The highest BCUT2D eigenvalue weighted by Gasteiger charge is 2.39. The van der Waals surface area contributed by atoms with Crippen molar-refractivity contribution in [3.63, 3.8) is 0 Å². The first-order chi connectivity index (χ1) is 16.0. The van der Waals surface area contributed by atoms with Gasteiger partial charge >= 0.3 is 6.18 Å². The van der Waals surface area contributed by atoms with Crippen LogP contribution < -0.4 is 5.32 Å². The van der Waals surface area contributed by atoms with E-state index in [2.05, 4.69) is 20.4 Å². The zero-order chi connectivity index (χ0) is 24.6. The number of para-hydroxylation sites is 1. The molecule has 0 spiro atoms. The van der Waals surface area contributed by atoms with Crippen LogP contribution in [0.3, 0.4) is 0 Å². The van der Waals surface area contributed by atoms with Crippen molar-refractivity contribution < 1.29 is 27.6 Å². The molecule has 4 rings (SSSR count). The average Bonchev–Trinajstić information content (AvgIpc) is 3.35. The maximum absolute atomic E-state index is 13.2. The summed E-state index contributed by atoms with van der Waals surface area (Å²) in [5.74, 6) is -1.65. The summed E-state index contributed by atoms with van der Waals surface area (Å²) in [6.07, 6.45) is -2.80. The van der Waals surface area contributed by atoms with Crippen molar-refractivity contribution >= 4 is 34.3 Å². The molecule has 3 heterocycles. The average molecular weight is 474 g/mol. The van der Waals surface area contributed by atoms with Gasteiger partial charge in [0, 0.05) is 18.9 Å². The molecule has 1 aliphatic heterocycles. The molecule has 9 nitrogen and oxygen atoms in total. The van der Waals surface area contributed by atoms with Gasteiger partial charge in [-0.05, 0) is 18.4 Å². The number of amides is 2. The van der Waals surface area contributed by atoms with Crippen molar-refractivity contribution in [2.45, 2.75) is 39.0 Å². The Morgan fingerprint density at radius 3 is 2.62 bits per heavy atom. The molecule has 2 atom stereocenters. The number of aromatic nitrogens is 4. The number of carbonyl (C=O) groups is 3. The lowest BCUT2D eigenvalue weighted by Crippen LogP contribution is -2.44. The van der Waals surface area contributed by atoms with Gasteiger partial charge in [0.05, 0.1) is 17.9 Å². The number of Topliss-reactive ketones (excluding diaryl/α,β-unsaturated/α-hetero) is 1.